The Labute approximate surface area is 104 Å². The van der Waals surface area contributed by atoms with Gasteiger partial charge in [-0.15, -0.1) is 10.2 Å². The lowest BCUT2D eigenvalue weighted by atomic mass is 10.3. The Morgan fingerprint density at radius 1 is 1.39 bits per heavy atom. The van der Waals surface area contributed by atoms with Gasteiger partial charge in [0.25, 0.3) is 0 Å². The molecule has 0 aliphatic heterocycles. The van der Waals surface area contributed by atoms with Crippen LogP contribution in [0.4, 0.5) is 5.82 Å². The van der Waals surface area contributed by atoms with Gasteiger partial charge in [-0.2, -0.15) is 0 Å². The first kappa shape index (κ1) is 13.9. The molecule has 98 valence electrons. The lowest BCUT2D eigenvalue weighted by Crippen LogP contribution is -2.36. The number of hydrogen-bond donors (Lipinski definition) is 1. The third kappa shape index (κ3) is 3.41. The predicted octanol–water partition coefficient (Wildman–Crippen LogP) is 0.563. The van der Waals surface area contributed by atoms with Gasteiger partial charge >= 0.3 is 11.9 Å². The Balaban J connectivity index is 2.93. The summed E-state index contributed by atoms with van der Waals surface area (Å²) in [5.74, 6) is -1.13. The molecule has 18 heavy (non-hydrogen) atoms. The summed E-state index contributed by atoms with van der Waals surface area (Å²) in [7, 11) is 1.25. The van der Waals surface area contributed by atoms with Gasteiger partial charge in [0, 0.05) is 6.04 Å². The SMILES string of the molecule is COC(=O)c1ccc(N(CC(=O)O)C(C)C)nn1. The lowest BCUT2D eigenvalue weighted by molar-refractivity contribution is -0.135. The number of carbonyl (C=O) groups excluding carboxylic acids is 1. The highest BCUT2D eigenvalue weighted by Gasteiger charge is 2.17. The van der Waals surface area contributed by atoms with E-state index >= 15 is 0 Å². The number of aliphatic carboxylic acids is 1. The number of nitrogens with zero attached hydrogens (tertiary/aromatic N) is 3. The van der Waals surface area contributed by atoms with E-state index in [0.29, 0.717) is 5.82 Å². The Kier molecular flexibility index (Phi) is 4.59. The maximum absolute atomic E-state index is 11.2. The molecule has 1 heterocycles. The van der Waals surface area contributed by atoms with Crippen LogP contribution in [0.5, 0.6) is 0 Å². The third-order valence-electron chi connectivity index (χ3n) is 2.27. The van der Waals surface area contributed by atoms with Crippen LogP contribution in [-0.4, -0.2) is 46.9 Å². The molecule has 0 saturated carbocycles. The summed E-state index contributed by atoms with van der Waals surface area (Å²) in [5, 5.41) is 16.3. The van der Waals surface area contributed by atoms with E-state index in [9.17, 15) is 9.59 Å². The van der Waals surface area contributed by atoms with E-state index in [1.165, 1.54) is 13.2 Å². The van der Waals surface area contributed by atoms with Crippen LogP contribution in [0.25, 0.3) is 0 Å². The van der Waals surface area contributed by atoms with Gasteiger partial charge in [-0.25, -0.2) is 4.79 Å². The van der Waals surface area contributed by atoms with Crippen molar-refractivity contribution < 1.29 is 19.4 Å². The third-order valence-corrected chi connectivity index (χ3v) is 2.27. The van der Waals surface area contributed by atoms with Crippen LogP contribution in [0.15, 0.2) is 12.1 Å². The molecule has 0 bridgehead atoms. The summed E-state index contributed by atoms with van der Waals surface area (Å²) >= 11 is 0. The first-order valence-electron chi connectivity index (χ1n) is 5.36. The molecule has 0 fully saturated rings. The van der Waals surface area contributed by atoms with E-state index in [-0.39, 0.29) is 18.3 Å². The zero-order valence-corrected chi connectivity index (χ0v) is 10.5. The van der Waals surface area contributed by atoms with E-state index in [0.717, 1.165) is 0 Å². The van der Waals surface area contributed by atoms with Crippen molar-refractivity contribution in [3.8, 4) is 0 Å². The fourth-order valence-electron chi connectivity index (χ4n) is 1.37. The van der Waals surface area contributed by atoms with Gasteiger partial charge in [0.15, 0.2) is 11.5 Å². The number of carbonyl (C=O) groups is 2. The summed E-state index contributed by atoms with van der Waals surface area (Å²) in [6.07, 6.45) is 0. The van der Waals surface area contributed by atoms with E-state index in [1.807, 2.05) is 13.8 Å². The second-order valence-corrected chi connectivity index (χ2v) is 3.88. The van der Waals surface area contributed by atoms with Crippen molar-refractivity contribution in [2.24, 2.45) is 0 Å². The van der Waals surface area contributed by atoms with Crippen molar-refractivity contribution in [2.75, 3.05) is 18.6 Å². The van der Waals surface area contributed by atoms with Crippen molar-refractivity contribution in [3.05, 3.63) is 17.8 Å². The molecular weight excluding hydrogens is 238 g/mol. The zero-order chi connectivity index (χ0) is 13.7. The summed E-state index contributed by atoms with van der Waals surface area (Å²) in [5.41, 5.74) is 0.0836. The van der Waals surface area contributed by atoms with Crippen LogP contribution in [0.1, 0.15) is 24.3 Å². The average molecular weight is 253 g/mol. The molecule has 0 spiro atoms. The number of anilines is 1. The molecule has 0 atom stereocenters. The molecule has 0 unspecified atom stereocenters. The fourth-order valence-corrected chi connectivity index (χ4v) is 1.37. The largest absolute Gasteiger partial charge is 0.480 e. The van der Waals surface area contributed by atoms with E-state index in [1.54, 1.807) is 11.0 Å². The Bertz CT molecular complexity index is 430. The predicted molar refractivity (Wildman–Crippen MR) is 63.5 cm³/mol. The molecule has 0 saturated heterocycles. The Hall–Kier alpha value is -2.18. The highest BCUT2D eigenvalue weighted by Crippen LogP contribution is 2.13. The molecule has 7 heteroatoms. The molecule has 1 N–H and O–H groups in total. The van der Waals surface area contributed by atoms with Crippen molar-refractivity contribution >= 4 is 17.8 Å². The standard InChI is InChI=1S/C11H15N3O4/c1-7(2)14(6-10(15)16)9-5-4-8(12-13-9)11(17)18-3/h4-5,7H,6H2,1-3H3,(H,15,16). The molecule has 0 aliphatic rings. The van der Waals surface area contributed by atoms with E-state index in [2.05, 4.69) is 14.9 Å². The van der Waals surface area contributed by atoms with Gasteiger partial charge < -0.3 is 14.7 Å². The molecule has 0 amide bonds. The first-order valence-corrected chi connectivity index (χ1v) is 5.36. The van der Waals surface area contributed by atoms with Crippen LogP contribution in [0.3, 0.4) is 0 Å². The minimum atomic E-state index is -0.956. The topological polar surface area (TPSA) is 92.6 Å². The van der Waals surface area contributed by atoms with Crippen LogP contribution >= 0.6 is 0 Å². The molecule has 0 radical (unpaired) electrons. The van der Waals surface area contributed by atoms with Gasteiger partial charge in [0.2, 0.25) is 0 Å². The average Bonchev–Trinajstić information content (AvgIpc) is 2.34. The summed E-state index contributed by atoms with van der Waals surface area (Å²) in [6.45, 7) is 3.52. The maximum Gasteiger partial charge on any atom is 0.358 e. The fraction of sp³-hybridized carbons (Fsp3) is 0.455. The Morgan fingerprint density at radius 2 is 2.06 bits per heavy atom. The van der Waals surface area contributed by atoms with Gasteiger partial charge in [-0.1, -0.05) is 0 Å². The molecular formula is C11H15N3O4. The van der Waals surface area contributed by atoms with Gasteiger partial charge in [0.1, 0.15) is 6.54 Å². The van der Waals surface area contributed by atoms with Gasteiger partial charge in [-0.05, 0) is 26.0 Å². The van der Waals surface area contributed by atoms with Crippen molar-refractivity contribution in [1.82, 2.24) is 10.2 Å². The lowest BCUT2D eigenvalue weighted by Gasteiger charge is -2.25. The molecule has 1 aromatic rings. The molecule has 1 aromatic heterocycles. The zero-order valence-electron chi connectivity index (χ0n) is 10.5. The number of rotatable bonds is 5. The van der Waals surface area contributed by atoms with Crippen molar-refractivity contribution in [2.45, 2.75) is 19.9 Å². The first-order chi connectivity index (χ1) is 8.45. The summed E-state index contributed by atoms with van der Waals surface area (Å²) in [6, 6.07) is 2.95. The molecule has 7 nitrogen and oxygen atoms in total. The Morgan fingerprint density at radius 3 is 2.44 bits per heavy atom. The number of hydrogen-bond acceptors (Lipinski definition) is 6. The maximum atomic E-state index is 11.2. The number of carboxylic acids is 1. The van der Waals surface area contributed by atoms with Crippen LogP contribution < -0.4 is 4.90 Å². The second kappa shape index (κ2) is 5.95. The highest BCUT2D eigenvalue weighted by molar-refractivity contribution is 5.87. The second-order valence-electron chi connectivity index (χ2n) is 3.88. The highest BCUT2D eigenvalue weighted by atomic mass is 16.5. The number of carboxylic acid groups (broad SMARTS) is 1. The summed E-state index contributed by atoms with van der Waals surface area (Å²) < 4.78 is 4.50. The molecule has 0 aromatic carbocycles. The summed E-state index contributed by atoms with van der Waals surface area (Å²) in [4.78, 5) is 23.5. The molecule has 1 rings (SSSR count). The monoisotopic (exact) mass is 253 g/mol. The molecule has 0 aliphatic carbocycles. The minimum Gasteiger partial charge on any atom is -0.480 e. The number of esters is 1. The van der Waals surface area contributed by atoms with Gasteiger partial charge in [-0.3, -0.25) is 4.79 Å². The van der Waals surface area contributed by atoms with E-state index < -0.39 is 11.9 Å². The number of methoxy groups -OCH3 is 1. The van der Waals surface area contributed by atoms with Crippen LogP contribution in [0, 0.1) is 0 Å². The number of aromatic nitrogens is 2. The minimum absolute atomic E-state index is 0.0422. The normalized spacial score (nSPS) is 10.2. The smallest absolute Gasteiger partial charge is 0.358 e. The van der Waals surface area contributed by atoms with Crippen LogP contribution in [-0.2, 0) is 9.53 Å². The quantitative estimate of drug-likeness (QED) is 0.766. The van der Waals surface area contributed by atoms with Gasteiger partial charge in [0.05, 0.1) is 7.11 Å². The number of ether oxygens (including phenoxy) is 1. The van der Waals surface area contributed by atoms with Crippen LogP contribution in [0.2, 0.25) is 0 Å². The van der Waals surface area contributed by atoms with Crippen molar-refractivity contribution in [3.63, 3.8) is 0 Å². The van der Waals surface area contributed by atoms with E-state index in [4.69, 9.17) is 5.11 Å². The van der Waals surface area contributed by atoms with Crippen molar-refractivity contribution in [1.29, 1.82) is 0 Å².